The van der Waals surface area contributed by atoms with Crippen LogP contribution in [0.2, 0.25) is 0 Å². The van der Waals surface area contributed by atoms with Crippen LogP contribution in [0.1, 0.15) is 12.8 Å². The van der Waals surface area contributed by atoms with Crippen molar-refractivity contribution in [1.29, 1.82) is 0 Å². The van der Waals surface area contributed by atoms with Crippen LogP contribution in [0.25, 0.3) is 10.2 Å². The van der Waals surface area contributed by atoms with Crippen LogP contribution < -0.4 is 0 Å². The van der Waals surface area contributed by atoms with E-state index in [1.54, 1.807) is 30.3 Å². The van der Waals surface area contributed by atoms with E-state index in [-0.39, 0.29) is 17.7 Å². The molecule has 0 unspecified atom stereocenters. The first-order valence-corrected chi connectivity index (χ1v) is 9.82. The summed E-state index contributed by atoms with van der Waals surface area (Å²) in [4.78, 5) is 32.4. The minimum absolute atomic E-state index is 0.0564. The molecule has 7 heteroatoms. The number of hydrogen-bond acceptors (Lipinski definition) is 5. The number of carbonyl (C=O) groups is 2. The highest BCUT2D eigenvalue weighted by atomic mass is 32.2. The number of amides is 2. The Morgan fingerprint density at radius 3 is 2.67 bits per heavy atom. The number of benzene rings is 1. The number of nitrogens with zero attached hydrogens (tertiary/aromatic N) is 3. The molecule has 1 aromatic carbocycles. The van der Waals surface area contributed by atoms with E-state index in [9.17, 15) is 9.59 Å². The van der Waals surface area contributed by atoms with Gasteiger partial charge in [0.15, 0.2) is 4.34 Å². The van der Waals surface area contributed by atoms with Crippen molar-refractivity contribution in [2.75, 3.05) is 32.9 Å². The summed E-state index contributed by atoms with van der Waals surface area (Å²) in [5.74, 6) is 0.772. The second-order valence-electron chi connectivity index (χ2n) is 6.12. The Hall–Kier alpha value is -1.60. The fraction of sp³-hybridized carbons (Fsp3) is 0.471. The first-order chi connectivity index (χ1) is 11.5. The molecule has 2 heterocycles. The topological polar surface area (TPSA) is 53.5 Å². The molecule has 24 heavy (non-hydrogen) atoms. The molecule has 128 valence electrons. The molecule has 0 saturated carbocycles. The minimum Gasteiger partial charge on any atom is -0.349 e. The number of carbonyl (C=O) groups excluding carboxylic acids is 2. The normalized spacial score (nSPS) is 15.7. The third-order valence-corrected chi connectivity index (χ3v) is 6.40. The van der Waals surface area contributed by atoms with Crippen molar-refractivity contribution >= 4 is 45.1 Å². The summed E-state index contributed by atoms with van der Waals surface area (Å²) in [6.45, 7) is 1.34. The Bertz CT molecular complexity index is 703. The van der Waals surface area contributed by atoms with Crippen molar-refractivity contribution in [3.63, 3.8) is 0 Å². The predicted octanol–water partition coefficient (Wildman–Crippen LogP) is 2.72. The Labute approximate surface area is 150 Å². The van der Waals surface area contributed by atoms with Gasteiger partial charge in [-0.3, -0.25) is 9.59 Å². The Balaban J connectivity index is 1.50. The monoisotopic (exact) mass is 363 g/mol. The SMILES string of the molecule is CN(C)C(=O)C1CCN(C(=O)CSc2nc3ccccc3s2)CC1. The minimum atomic E-state index is 0.0564. The summed E-state index contributed by atoms with van der Waals surface area (Å²) in [7, 11) is 3.57. The molecular formula is C17H21N3O2S2. The zero-order chi connectivity index (χ0) is 17.1. The van der Waals surface area contributed by atoms with Gasteiger partial charge in [-0.2, -0.15) is 0 Å². The fourth-order valence-electron chi connectivity index (χ4n) is 2.87. The molecule has 0 N–H and O–H groups in total. The summed E-state index contributed by atoms with van der Waals surface area (Å²) >= 11 is 3.13. The van der Waals surface area contributed by atoms with Crippen LogP contribution >= 0.6 is 23.1 Å². The van der Waals surface area contributed by atoms with E-state index in [4.69, 9.17) is 0 Å². The number of fused-ring (bicyclic) bond motifs is 1. The van der Waals surface area contributed by atoms with Gasteiger partial charge < -0.3 is 9.80 Å². The number of thioether (sulfide) groups is 1. The molecule has 1 fully saturated rings. The summed E-state index contributed by atoms with van der Waals surface area (Å²) in [5, 5.41) is 0. The van der Waals surface area contributed by atoms with Gasteiger partial charge in [-0.25, -0.2) is 4.98 Å². The van der Waals surface area contributed by atoms with Gasteiger partial charge >= 0.3 is 0 Å². The number of para-hydroxylation sites is 1. The average Bonchev–Trinajstić information content (AvgIpc) is 3.02. The molecule has 0 spiro atoms. The highest BCUT2D eigenvalue weighted by molar-refractivity contribution is 8.01. The molecular weight excluding hydrogens is 342 g/mol. The number of piperidine rings is 1. The Kier molecular flexibility index (Phi) is 5.40. The standard InChI is InChI=1S/C17H21N3O2S2/c1-19(2)16(22)12-7-9-20(10-8-12)15(21)11-23-17-18-13-5-3-4-6-14(13)24-17/h3-6,12H,7-11H2,1-2H3. The van der Waals surface area contributed by atoms with Crippen molar-refractivity contribution in [3.8, 4) is 0 Å². The van der Waals surface area contributed by atoms with Crippen LogP contribution in [0.5, 0.6) is 0 Å². The molecule has 0 aliphatic carbocycles. The quantitative estimate of drug-likeness (QED) is 0.784. The molecule has 2 amide bonds. The van der Waals surface area contributed by atoms with Crippen molar-refractivity contribution < 1.29 is 9.59 Å². The molecule has 2 aromatic rings. The van der Waals surface area contributed by atoms with Crippen molar-refractivity contribution in [3.05, 3.63) is 24.3 Å². The second kappa shape index (κ2) is 7.53. The van der Waals surface area contributed by atoms with Gasteiger partial charge in [-0.05, 0) is 25.0 Å². The Morgan fingerprint density at radius 1 is 1.29 bits per heavy atom. The van der Waals surface area contributed by atoms with Crippen molar-refractivity contribution in [1.82, 2.24) is 14.8 Å². The van der Waals surface area contributed by atoms with Crippen LogP contribution in [0.15, 0.2) is 28.6 Å². The van der Waals surface area contributed by atoms with Gasteiger partial charge in [0.1, 0.15) is 0 Å². The first-order valence-electron chi connectivity index (χ1n) is 8.02. The number of aromatic nitrogens is 1. The lowest BCUT2D eigenvalue weighted by Gasteiger charge is -2.32. The predicted molar refractivity (Wildman–Crippen MR) is 98.3 cm³/mol. The van der Waals surface area contributed by atoms with Gasteiger partial charge in [0.05, 0.1) is 16.0 Å². The van der Waals surface area contributed by atoms with Crippen LogP contribution in [0.4, 0.5) is 0 Å². The highest BCUT2D eigenvalue weighted by Crippen LogP contribution is 2.29. The zero-order valence-electron chi connectivity index (χ0n) is 13.9. The van der Waals surface area contributed by atoms with Crippen LogP contribution in [-0.4, -0.2) is 59.5 Å². The molecule has 1 aromatic heterocycles. The van der Waals surface area contributed by atoms with E-state index in [0.29, 0.717) is 18.8 Å². The molecule has 0 atom stereocenters. The lowest BCUT2D eigenvalue weighted by atomic mass is 9.95. The summed E-state index contributed by atoms with van der Waals surface area (Å²) < 4.78 is 2.08. The van der Waals surface area contributed by atoms with Gasteiger partial charge in [-0.15, -0.1) is 11.3 Å². The van der Waals surface area contributed by atoms with E-state index in [0.717, 1.165) is 27.4 Å². The van der Waals surface area contributed by atoms with Crippen LogP contribution in [0.3, 0.4) is 0 Å². The highest BCUT2D eigenvalue weighted by Gasteiger charge is 2.28. The molecule has 1 aliphatic rings. The Morgan fingerprint density at radius 2 is 2.00 bits per heavy atom. The largest absolute Gasteiger partial charge is 0.349 e. The molecule has 0 radical (unpaired) electrons. The third kappa shape index (κ3) is 3.89. The van der Waals surface area contributed by atoms with Crippen molar-refractivity contribution in [2.45, 2.75) is 17.2 Å². The van der Waals surface area contributed by atoms with E-state index < -0.39 is 0 Å². The van der Waals surface area contributed by atoms with E-state index in [1.807, 2.05) is 29.2 Å². The number of thiazole rings is 1. The maximum absolute atomic E-state index is 12.4. The maximum Gasteiger partial charge on any atom is 0.233 e. The van der Waals surface area contributed by atoms with E-state index >= 15 is 0 Å². The van der Waals surface area contributed by atoms with Crippen LogP contribution in [0, 0.1) is 5.92 Å². The summed E-state index contributed by atoms with van der Waals surface area (Å²) in [5.41, 5.74) is 0.987. The third-order valence-electron chi connectivity index (χ3n) is 4.23. The molecule has 0 bridgehead atoms. The number of rotatable bonds is 4. The van der Waals surface area contributed by atoms with E-state index in [2.05, 4.69) is 4.98 Å². The molecule has 1 saturated heterocycles. The maximum atomic E-state index is 12.4. The van der Waals surface area contributed by atoms with Gasteiger partial charge in [0.2, 0.25) is 11.8 Å². The first kappa shape index (κ1) is 17.2. The summed E-state index contributed by atoms with van der Waals surface area (Å²) in [6, 6.07) is 8.01. The van der Waals surface area contributed by atoms with Crippen molar-refractivity contribution in [2.24, 2.45) is 5.92 Å². The second-order valence-corrected chi connectivity index (χ2v) is 8.38. The lowest BCUT2D eigenvalue weighted by molar-refractivity contribution is -0.138. The fourth-order valence-corrected chi connectivity index (χ4v) is 4.84. The number of likely N-dealkylation sites (tertiary alicyclic amines) is 1. The van der Waals surface area contributed by atoms with Gasteiger partial charge in [0.25, 0.3) is 0 Å². The lowest BCUT2D eigenvalue weighted by Crippen LogP contribution is -2.43. The molecule has 1 aliphatic heterocycles. The molecule has 3 rings (SSSR count). The van der Waals surface area contributed by atoms with Gasteiger partial charge in [0, 0.05) is 33.1 Å². The number of hydrogen-bond donors (Lipinski definition) is 0. The van der Waals surface area contributed by atoms with Gasteiger partial charge in [-0.1, -0.05) is 23.9 Å². The average molecular weight is 364 g/mol. The smallest absolute Gasteiger partial charge is 0.233 e. The van der Waals surface area contributed by atoms with E-state index in [1.165, 1.54) is 11.8 Å². The summed E-state index contributed by atoms with van der Waals surface area (Å²) in [6.07, 6.45) is 1.52. The zero-order valence-corrected chi connectivity index (χ0v) is 15.5. The van der Waals surface area contributed by atoms with Crippen LogP contribution in [-0.2, 0) is 9.59 Å². The molecule has 5 nitrogen and oxygen atoms in total.